The number of nitrogens with zero attached hydrogens (tertiary/aromatic N) is 2. The van der Waals surface area contributed by atoms with Gasteiger partial charge in [0.2, 0.25) is 11.8 Å². The average molecular weight is 169 g/mol. The third-order valence-electron chi connectivity index (χ3n) is 1.42. The number of amides is 1. The molecular weight excluding hydrogens is 158 g/mol. The highest BCUT2D eigenvalue weighted by atomic mass is 16.3. The lowest BCUT2D eigenvalue weighted by molar-refractivity contribution is -0.119. The Morgan fingerprint density at radius 3 is 2.58 bits per heavy atom. The summed E-state index contributed by atoms with van der Waals surface area (Å²) in [6.07, 6.45) is 3.11. The molecule has 0 unspecified atom stereocenters. The Balaban J connectivity index is 0.000000120. The zero-order valence-electron chi connectivity index (χ0n) is 6.66. The SMILES string of the molecule is O=C1CCCN1.OC1=NC=NC1. The first-order valence-corrected chi connectivity index (χ1v) is 3.79. The number of rotatable bonds is 0. The number of aliphatic hydroxyl groups is 1. The molecule has 1 amide bonds. The van der Waals surface area contributed by atoms with Crippen molar-refractivity contribution in [3.05, 3.63) is 0 Å². The van der Waals surface area contributed by atoms with Crippen molar-refractivity contribution in [1.82, 2.24) is 5.32 Å². The van der Waals surface area contributed by atoms with Crippen LogP contribution in [0.2, 0.25) is 0 Å². The van der Waals surface area contributed by atoms with Gasteiger partial charge < -0.3 is 10.4 Å². The van der Waals surface area contributed by atoms with Crippen molar-refractivity contribution in [2.45, 2.75) is 12.8 Å². The maximum absolute atomic E-state index is 10.1. The zero-order chi connectivity index (χ0) is 8.81. The Kier molecular flexibility index (Phi) is 3.25. The summed E-state index contributed by atoms with van der Waals surface area (Å²) in [6.45, 7) is 1.25. The third kappa shape index (κ3) is 3.14. The van der Waals surface area contributed by atoms with Gasteiger partial charge in [-0.2, -0.15) is 0 Å². The number of aliphatic imine (C=N–C) groups is 2. The largest absolute Gasteiger partial charge is 0.495 e. The molecule has 0 aliphatic carbocycles. The second-order valence-electron chi connectivity index (χ2n) is 2.45. The predicted octanol–water partition coefficient (Wildman–Crippen LogP) is -0.119. The van der Waals surface area contributed by atoms with Crippen LogP contribution in [0.25, 0.3) is 0 Å². The van der Waals surface area contributed by atoms with Gasteiger partial charge in [0.15, 0.2) is 0 Å². The lowest BCUT2D eigenvalue weighted by atomic mass is 10.4. The molecule has 0 aromatic heterocycles. The minimum Gasteiger partial charge on any atom is -0.495 e. The van der Waals surface area contributed by atoms with Gasteiger partial charge in [-0.05, 0) is 6.42 Å². The van der Waals surface area contributed by atoms with E-state index in [1.165, 1.54) is 6.34 Å². The summed E-state index contributed by atoms with van der Waals surface area (Å²) < 4.78 is 0. The highest BCUT2D eigenvalue weighted by molar-refractivity contribution is 5.88. The van der Waals surface area contributed by atoms with E-state index in [1.807, 2.05) is 0 Å². The van der Waals surface area contributed by atoms with Crippen LogP contribution in [0, 0.1) is 0 Å². The molecule has 5 heteroatoms. The van der Waals surface area contributed by atoms with E-state index in [0.29, 0.717) is 6.54 Å². The van der Waals surface area contributed by atoms with Gasteiger partial charge in [-0.25, -0.2) is 4.99 Å². The summed E-state index contributed by atoms with van der Waals surface area (Å²) in [6, 6.07) is 0. The fourth-order valence-electron chi connectivity index (χ4n) is 0.836. The molecule has 2 aliphatic heterocycles. The number of nitrogens with one attached hydrogen (secondary N) is 1. The van der Waals surface area contributed by atoms with Gasteiger partial charge in [0.05, 0.1) is 0 Å². The van der Waals surface area contributed by atoms with E-state index in [4.69, 9.17) is 5.11 Å². The predicted molar refractivity (Wildman–Crippen MR) is 45.7 cm³/mol. The summed E-state index contributed by atoms with van der Waals surface area (Å²) >= 11 is 0. The van der Waals surface area contributed by atoms with Crippen LogP contribution < -0.4 is 5.32 Å². The number of hydrogen-bond donors (Lipinski definition) is 2. The Labute approximate surface area is 70.2 Å². The topological polar surface area (TPSA) is 74.0 Å². The fraction of sp³-hybridized carbons (Fsp3) is 0.571. The molecular formula is C7H11N3O2. The highest BCUT2D eigenvalue weighted by Crippen LogP contribution is 1.93. The Morgan fingerprint density at radius 2 is 2.42 bits per heavy atom. The van der Waals surface area contributed by atoms with E-state index in [-0.39, 0.29) is 11.8 Å². The van der Waals surface area contributed by atoms with E-state index < -0.39 is 0 Å². The molecule has 0 aromatic carbocycles. The van der Waals surface area contributed by atoms with Crippen molar-refractivity contribution < 1.29 is 9.90 Å². The maximum Gasteiger partial charge on any atom is 0.220 e. The maximum atomic E-state index is 10.1. The van der Waals surface area contributed by atoms with Crippen molar-refractivity contribution in [1.29, 1.82) is 0 Å². The molecule has 0 atom stereocenters. The second kappa shape index (κ2) is 4.48. The van der Waals surface area contributed by atoms with Gasteiger partial charge in [0.25, 0.3) is 0 Å². The van der Waals surface area contributed by atoms with Crippen LogP contribution in [0.4, 0.5) is 0 Å². The molecule has 1 fully saturated rings. The molecule has 1 saturated heterocycles. The van der Waals surface area contributed by atoms with Crippen LogP contribution >= 0.6 is 0 Å². The van der Waals surface area contributed by atoms with Gasteiger partial charge in [-0.1, -0.05) is 0 Å². The first-order valence-electron chi connectivity index (χ1n) is 3.79. The molecule has 2 rings (SSSR count). The van der Waals surface area contributed by atoms with E-state index in [0.717, 1.165) is 19.4 Å². The number of hydrogen-bond acceptors (Lipinski definition) is 3. The lowest BCUT2D eigenvalue weighted by Gasteiger charge is -1.80. The van der Waals surface area contributed by atoms with Crippen molar-refractivity contribution in [2.24, 2.45) is 9.98 Å². The Bertz CT molecular complexity index is 215. The Morgan fingerprint density at radius 1 is 1.58 bits per heavy atom. The van der Waals surface area contributed by atoms with Crippen molar-refractivity contribution >= 4 is 18.1 Å². The van der Waals surface area contributed by atoms with Crippen LogP contribution in [-0.2, 0) is 4.79 Å². The van der Waals surface area contributed by atoms with Gasteiger partial charge in [-0.15, -0.1) is 0 Å². The van der Waals surface area contributed by atoms with Crippen molar-refractivity contribution in [2.75, 3.05) is 13.1 Å². The van der Waals surface area contributed by atoms with Gasteiger partial charge in [0, 0.05) is 13.0 Å². The van der Waals surface area contributed by atoms with Crippen LogP contribution in [-0.4, -0.2) is 36.3 Å². The standard InChI is InChI=1S/C4H7NO.C3H4N2O/c6-4-2-1-3-5-4;6-3-1-4-2-5-3/h1-3H2,(H,5,6);2H,1H2,(H,4,5,6). The summed E-state index contributed by atoms with van der Waals surface area (Å²) in [5.74, 6) is 0.310. The molecule has 2 N–H and O–H groups in total. The minimum absolute atomic E-state index is 0.106. The molecule has 66 valence electrons. The van der Waals surface area contributed by atoms with Crippen LogP contribution in [0.5, 0.6) is 0 Å². The second-order valence-corrected chi connectivity index (χ2v) is 2.45. The molecule has 2 aliphatic rings. The van der Waals surface area contributed by atoms with Gasteiger partial charge in [-0.3, -0.25) is 9.79 Å². The molecule has 0 bridgehead atoms. The van der Waals surface area contributed by atoms with E-state index in [9.17, 15) is 4.79 Å². The summed E-state index contributed by atoms with van der Waals surface area (Å²) in [4.78, 5) is 17.1. The average Bonchev–Trinajstić information content (AvgIpc) is 2.63. The molecule has 0 spiro atoms. The molecule has 12 heavy (non-hydrogen) atoms. The van der Waals surface area contributed by atoms with Gasteiger partial charge >= 0.3 is 0 Å². The first kappa shape index (κ1) is 8.70. The molecule has 0 saturated carbocycles. The molecule has 0 radical (unpaired) electrons. The normalized spacial score (nSPS) is 19.7. The monoisotopic (exact) mass is 169 g/mol. The first-order chi connectivity index (χ1) is 5.79. The summed E-state index contributed by atoms with van der Waals surface area (Å²) in [5, 5.41) is 11.0. The van der Waals surface area contributed by atoms with Crippen molar-refractivity contribution in [3.8, 4) is 0 Å². The minimum atomic E-state index is 0.106. The van der Waals surface area contributed by atoms with E-state index >= 15 is 0 Å². The zero-order valence-corrected chi connectivity index (χ0v) is 6.66. The number of aliphatic hydroxyl groups excluding tert-OH is 1. The highest BCUT2D eigenvalue weighted by Gasteiger charge is 2.05. The van der Waals surface area contributed by atoms with Crippen LogP contribution in [0.15, 0.2) is 9.98 Å². The molecule has 5 nitrogen and oxygen atoms in total. The summed E-state index contributed by atoms with van der Waals surface area (Å²) in [7, 11) is 0. The van der Waals surface area contributed by atoms with E-state index in [2.05, 4.69) is 15.3 Å². The third-order valence-corrected chi connectivity index (χ3v) is 1.42. The lowest BCUT2D eigenvalue weighted by Crippen LogP contribution is -2.12. The van der Waals surface area contributed by atoms with Gasteiger partial charge in [0.1, 0.15) is 12.9 Å². The number of carbonyl (C=O) groups excluding carboxylic acids is 1. The molecule has 0 aromatic rings. The van der Waals surface area contributed by atoms with Crippen LogP contribution in [0.1, 0.15) is 12.8 Å². The van der Waals surface area contributed by atoms with Crippen molar-refractivity contribution in [3.63, 3.8) is 0 Å². The Hall–Kier alpha value is -1.39. The summed E-state index contributed by atoms with van der Waals surface area (Å²) in [5.41, 5.74) is 0. The van der Waals surface area contributed by atoms with E-state index in [1.54, 1.807) is 0 Å². The smallest absolute Gasteiger partial charge is 0.220 e. The van der Waals surface area contributed by atoms with Crippen LogP contribution in [0.3, 0.4) is 0 Å². The number of carbonyl (C=O) groups is 1. The quantitative estimate of drug-likeness (QED) is 0.530. The fourth-order valence-corrected chi connectivity index (χ4v) is 0.836. The molecule has 2 heterocycles.